The normalized spacial score (nSPS) is 10.5. The van der Waals surface area contributed by atoms with Gasteiger partial charge in [-0.3, -0.25) is 0 Å². The van der Waals surface area contributed by atoms with Gasteiger partial charge in [0.2, 0.25) is 0 Å². The number of hydrogen-bond acceptors (Lipinski definition) is 2. The smallest absolute Gasteiger partial charge is 0.104 e. The van der Waals surface area contributed by atoms with Gasteiger partial charge in [0.25, 0.3) is 0 Å². The van der Waals surface area contributed by atoms with E-state index in [1.807, 2.05) is 0 Å². The van der Waals surface area contributed by atoms with Crippen LogP contribution in [0.3, 0.4) is 0 Å². The van der Waals surface area contributed by atoms with Gasteiger partial charge in [-0.1, -0.05) is 43.7 Å². The molecular formula is C18H30BrN3. The summed E-state index contributed by atoms with van der Waals surface area (Å²) in [6.07, 6.45) is 2.30. The van der Waals surface area contributed by atoms with Crippen LogP contribution < -0.4 is 17.0 Å². The topological polar surface area (TPSA) is 24.7 Å². The van der Waals surface area contributed by atoms with Crippen molar-refractivity contribution in [3.8, 4) is 0 Å². The van der Waals surface area contributed by atoms with Gasteiger partial charge in [0.05, 0.1) is 32.2 Å². The number of likely N-dealkylation sites (N-methyl/N-ethyl adjacent to an activating group) is 1. The third-order valence-corrected chi connectivity index (χ3v) is 4.15. The minimum Gasteiger partial charge on any atom is -1.00 e. The summed E-state index contributed by atoms with van der Waals surface area (Å²) in [7, 11) is 0. The predicted octanol–water partition coefficient (Wildman–Crippen LogP) is 1.02. The van der Waals surface area contributed by atoms with Crippen molar-refractivity contribution in [2.24, 2.45) is 9.98 Å². The molecule has 0 spiro atoms. The van der Waals surface area contributed by atoms with Crippen molar-refractivity contribution < 1.29 is 21.5 Å². The number of aliphatic imine (C=N–C) groups is 2. The molecule has 0 aliphatic rings. The van der Waals surface area contributed by atoms with E-state index in [9.17, 15) is 0 Å². The van der Waals surface area contributed by atoms with Crippen LogP contribution in [0.25, 0.3) is 0 Å². The summed E-state index contributed by atoms with van der Waals surface area (Å²) in [4.78, 5) is 8.53. The third-order valence-electron chi connectivity index (χ3n) is 4.15. The predicted molar refractivity (Wildman–Crippen MR) is 90.9 cm³/mol. The first kappa shape index (κ1) is 21.0. The summed E-state index contributed by atoms with van der Waals surface area (Å²) in [6.45, 7) is 12.8. The summed E-state index contributed by atoms with van der Waals surface area (Å²) < 4.78 is 1.07. The Morgan fingerprint density at radius 3 is 2.18 bits per heavy atom. The van der Waals surface area contributed by atoms with E-state index in [1.165, 1.54) is 12.0 Å². The first-order chi connectivity index (χ1) is 10.3. The molecular weight excluding hydrogens is 338 g/mol. The number of unbranched alkanes of at least 4 members (excludes halogenated alkanes) is 1. The largest absolute Gasteiger partial charge is 1.00 e. The Kier molecular flexibility index (Phi) is 12.0. The van der Waals surface area contributed by atoms with Crippen LogP contribution in [0.1, 0.15) is 39.2 Å². The van der Waals surface area contributed by atoms with Gasteiger partial charge in [0.15, 0.2) is 0 Å². The first-order valence-corrected chi connectivity index (χ1v) is 8.23. The molecule has 0 aliphatic heterocycles. The maximum atomic E-state index is 4.33. The van der Waals surface area contributed by atoms with E-state index in [2.05, 4.69) is 67.1 Å². The van der Waals surface area contributed by atoms with Gasteiger partial charge >= 0.3 is 0 Å². The van der Waals surface area contributed by atoms with E-state index in [0.29, 0.717) is 0 Å². The molecule has 1 rings (SSSR count). The number of halogens is 1. The van der Waals surface area contributed by atoms with Crippen LogP contribution in [0.5, 0.6) is 0 Å². The van der Waals surface area contributed by atoms with E-state index in [4.69, 9.17) is 0 Å². The molecule has 124 valence electrons. The fraction of sp³-hybridized carbons (Fsp3) is 0.611. The van der Waals surface area contributed by atoms with Crippen molar-refractivity contribution >= 4 is 6.01 Å². The van der Waals surface area contributed by atoms with E-state index in [-0.39, 0.29) is 17.0 Å². The summed E-state index contributed by atoms with van der Waals surface area (Å²) in [6, 6.07) is 13.6. The highest BCUT2D eigenvalue weighted by Gasteiger charge is 2.22. The SMILES string of the molecule is CCCCN=C=NCC[N+](CC)(CC)Cc1ccccc1.[Br-]. The van der Waals surface area contributed by atoms with E-state index in [1.54, 1.807) is 0 Å². The lowest BCUT2D eigenvalue weighted by Crippen LogP contribution is -3.00. The zero-order valence-corrected chi connectivity index (χ0v) is 15.8. The highest BCUT2D eigenvalue weighted by atomic mass is 79.9. The zero-order chi connectivity index (χ0) is 15.4. The molecule has 0 fully saturated rings. The number of quaternary nitrogens is 1. The lowest BCUT2D eigenvalue weighted by molar-refractivity contribution is -0.936. The molecule has 0 saturated carbocycles. The molecule has 0 radical (unpaired) electrons. The average molecular weight is 368 g/mol. The molecule has 0 unspecified atom stereocenters. The molecule has 0 saturated heterocycles. The highest BCUT2D eigenvalue weighted by molar-refractivity contribution is 5.40. The monoisotopic (exact) mass is 367 g/mol. The molecule has 0 heterocycles. The van der Waals surface area contributed by atoms with Crippen LogP contribution in [0.15, 0.2) is 40.3 Å². The van der Waals surface area contributed by atoms with Crippen molar-refractivity contribution in [1.82, 2.24) is 0 Å². The van der Waals surface area contributed by atoms with Crippen LogP contribution in [-0.4, -0.2) is 43.2 Å². The quantitative estimate of drug-likeness (QED) is 0.335. The Balaban J connectivity index is 0.00000441. The molecule has 0 atom stereocenters. The molecule has 0 aliphatic carbocycles. The van der Waals surface area contributed by atoms with Crippen LogP contribution in [0, 0.1) is 0 Å². The number of benzene rings is 1. The Morgan fingerprint density at radius 1 is 0.955 bits per heavy atom. The lowest BCUT2D eigenvalue weighted by Gasteiger charge is -2.36. The Morgan fingerprint density at radius 2 is 1.59 bits per heavy atom. The number of rotatable bonds is 10. The van der Waals surface area contributed by atoms with Gasteiger partial charge in [-0.25, -0.2) is 9.98 Å². The van der Waals surface area contributed by atoms with E-state index in [0.717, 1.165) is 50.2 Å². The molecule has 0 amide bonds. The summed E-state index contributed by atoms with van der Waals surface area (Å²) in [5.41, 5.74) is 1.40. The van der Waals surface area contributed by atoms with Crippen LogP contribution in [0.4, 0.5) is 0 Å². The van der Waals surface area contributed by atoms with Crippen molar-refractivity contribution in [1.29, 1.82) is 0 Å². The van der Waals surface area contributed by atoms with Crippen LogP contribution in [0.2, 0.25) is 0 Å². The third kappa shape index (κ3) is 7.88. The Hall–Kier alpha value is -0.960. The fourth-order valence-corrected chi connectivity index (χ4v) is 2.46. The van der Waals surface area contributed by atoms with E-state index >= 15 is 0 Å². The van der Waals surface area contributed by atoms with Gasteiger partial charge in [0, 0.05) is 12.1 Å². The molecule has 0 aromatic heterocycles. The molecule has 22 heavy (non-hydrogen) atoms. The van der Waals surface area contributed by atoms with Crippen molar-refractivity contribution in [3.63, 3.8) is 0 Å². The second-order valence-electron chi connectivity index (χ2n) is 5.56. The highest BCUT2D eigenvalue weighted by Crippen LogP contribution is 2.14. The van der Waals surface area contributed by atoms with E-state index < -0.39 is 0 Å². The van der Waals surface area contributed by atoms with Gasteiger partial charge < -0.3 is 21.5 Å². The minimum absolute atomic E-state index is 0. The number of nitrogens with zero attached hydrogens (tertiary/aromatic N) is 3. The summed E-state index contributed by atoms with van der Waals surface area (Å²) in [5, 5.41) is 0. The molecule has 0 bridgehead atoms. The number of hydrogen-bond donors (Lipinski definition) is 0. The van der Waals surface area contributed by atoms with Gasteiger partial charge in [-0.15, -0.1) is 0 Å². The second-order valence-corrected chi connectivity index (χ2v) is 5.56. The van der Waals surface area contributed by atoms with Crippen molar-refractivity contribution in [3.05, 3.63) is 35.9 Å². The molecule has 3 nitrogen and oxygen atoms in total. The van der Waals surface area contributed by atoms with Crippen molar-refractivity contribution in [2.45, 2.75) is 40.2 Å². The van der Waals surface area contributed by atoms with Crippen molar-refractivity contribution in [2.75, 3.05) is 32.7 Å². The van der Waals surface area contributed by atoms with Gasteiger partial charge in [-0.2, -0.15) is 0 Å². The summed E-state index contributed by atoms with van der Waals surface area (Å²) in [5.74, 6) is 0. The average Bonchev–Trinajstić information content (AvgIpc) is 2.54. The minimum atomic E-state index is 0. The maximum absolute atomic E-state index is 4.33. The maximum Gasteiger partial charge on any atom is 0.104 e. The van der Waals surface area contributed by atoms with Crippen LogP contribution in [-0.2, 0) is 6.54 Å². The van der Waals surface area contributed by atoms with Crippen LogP contribution >= 0.6 is 0 Å². The molecule has 1 aromatic carbocycles. The Labute approximate surface area is 146 Å². The summed E-state index contributed by atoms with van der Waals surface area (Å²) >= 11 is 0. The fourth-order valence-electron chi connectivity index (χ4n) is 2.46. The molecule has 0 N–H and O–H groups in total. The first-order valence-electron chi connectivity index (χ1n) is 8.23. The molecule has 4 heteroatoms. The molecule has 1 aromatic rings. The second kappa shape index (κ2) is 12.6. The lowest BCUT2D eigenvalue weighted by atomic mass is 10.1. The zero-order valence-electron chi connectivity index (χ0n) is 14.3. The Bertz CT molecular complexity index is 435. The van der Waals surface area contributed by atoms with Gasteiger partial charge in [0.1, 0.15) is 6.54 Å². The standard InChI is InChI=1S/C18H30N3.BrH/c1-4-7-13-19-17-20-14-15-21(5-2,6-3)16-18-11-9-8-10-12-18;/h8-12H,4-7,13-16H2,1-3H3;1H/q+1;/p-1. The van der Waals surface area contributed by atoms with Gasteiger partial charge in [-0.05, 0) is 20.3 Å².